The molecule has 0 aromatic heterocycles. The number of hydrogen-bond donors (Lipinski definition) is 0. The van der Waals surface area contributed by atoms with E-state index in [1.165, 1.54) is 16.8 Å². The Balaban J connectivity index is 1.60. The van der Waals surface area contributed by atoms with E-state index in [0.717, 1.165) is 44.2 Å². The third-order valence-electron chi connectivity index (χ3n) is 6.56. The number of carbonyl (C=O) groups is 1. The number of benzene rings is 2. The quantitative estimate of drug-likeness (QED) is 0.639. The van der Waals surface area contributed by atoms with E-state index < -0.39 is 0 Å². The van der Waals surface area contributed by atoms with Gasteiger partial charge in [0, 0.05) is 37.9 Å². The Morgan fingerprint density at radius 3 is 2.26 bits per heavy atom. The van der Waals surface area contributed by atoms with Crippen LogP contribution in [0.15, 0.2) is 41.4 Å². The fourth-order valence-corrected chi connectivity index (χ4v) is 4.74. The average molecular weight is 465 g/mol. The Labute approximate surface area is 203 Å². The van der Waals surface area contributed by atoms with Crippen molar-refractivity contribution in [2.24, 2.45) is 10.9 Å². The monoisotopic (exact) mass is 464 g/mol. The number of methoxy groups -OCH3 is 2. The fraction of sp³-hybridized carbons (Fsp3) is 0.481. The molecule has 1 unspecified atom stereocenters. The van der Waals surface area contributed by atoms with Crippen LogP contribution in [-0.2, 0) is 4.79 Å². The molecule has 0 aliphatic carbocycles. The van der Waals surface area contributed by atoms with Crippen LogP contribution >= 0.6 is 0 Å². The second kappa shape index (κ2) is 9.95. The maximum Gasteiger partial charge on any atom is 0.258 e. The molecule has 0 N–H and O–H groups in total. The molecule has 34 heavy (non-hydrogen) atoms. The largest absolute Gasteiger partial charge is 0.493 e. The number of carbonyl (C=O) groups excluding carboxylic acids is 1. The molecular weight excluding hydrogens is 428 g/mol. The molecule has 2 aromatic carbocycles. The Morgan fingerprint density at radius 1 is 0.941 bits per heavy atom. The molecule has 4 rings (SSSR count). The third kappa shape index (κ3) is 4.69. The summed E-state index contributed by atoms with van der Waals surface area (Å²) in [5, 5.41) is 0. The number of aryl methyl sites for hydroxylation is 2. The van der Waals surface area contributed by atoms with Crippen molar-refractivity contribution in [1.29, 1.82) is 0 Å². The average Bonchev–Trinajstić information content (AvgIpc) is 3.15. The highest BCUT2D eigenvalue weighted by molar-refractivity contribution is 6.22. The molecule has 2 heterocycles. The van der Waals surface area contributed by atoms with Crippen LogP contribution in [0.2, 0.25) is 0 Å². The van der Waals surface area contributed by atoms with Crippen molar-refractivity contribution in [3.8, 4) is 11.5 Å². The van der Waals surface area contributed by atoms with Crippen LogP contribution in [0.1, 0.15) is 31.4 Å². The van der Waals surface area contributed by atoms with E-state index >= 15 is 0 Å². The van der Waals surface area contributed by atoms with Crippen molar-refractivity contribution in [3.05, 3.63) is 47.5 Å². The van der Waals surface area contributed by atoms with Gasteiger partial charge < -0.3 is 19.3 Å². The van der Waals surface area contributed by atoms with Crippen molar-refractivity contribution < 1.29 is 14.3 Å². The van der Waals surface area contributed by atoms with Gasteiger partial charge >= 0.3 is 0 Å². The number of aliphatic imine (C=N–C) groups is 1. The number of guanidine groups is 1. The molecule has 7 nitrogen and oxygen atoms in total. The van der Waals surface area contributed by atoms with Crippen LogP contribution in [-0.4, -0.2) is 63.2 Å². The predicted octanol–water partition coefficient (Wildman–Crippen LogP) is 4.26. The molecule has 182 valence electrons. The summed E-state index contributed by atoms with van der Waals surface area (Å²) >= 11 is 0. The van der Waals surface area contributed by atoms with Crippen molar-refractivity contribution in [2.75, 3.05) is 50.2 Å². The maximum absolute atomic E-state index is 13.5. The van der Waals surface area contributed by atoms with E-state index in [4.69, 9.17) is 14.5 Å². The van der Waals surface area contributed by atoms with Gasteiger partial charge in [-0.05, 0) is 55.5 Å². The Morgan fingerprint density at radius 2 is 1.62 bits per heavy atom. The van der Waals surface area contributed by atoms with Crippen LogP contribution in [0.25, 0.3) is 0 Å². The summed E-state index contributed by atoms with van der Waals surface area (Å²) < 4.78 is 10.9. The van der Waals surface area contributed by atoms with Gasteiger partial charge in [0.1, 0.15) is 6.04 Å². The van der Waals surface area contributed by atoms with E-state index in [1.54, 1.807) is 19.1 Å². The lowest BCUT2D eigenvalue weighted by Gasteiger charge is -2.39. The van der Waals surface area contributed by atoms with Gasteiger partial charge in [-0.15, -0.1) is 0 Å². The minimum atomic E-state index is -0.361. The first-order valence-corrected chi connectivity index (χ1v) is 12.0. The molecule has 1 amide bonds. The lowest BCUT2D eigenvalue weighted by molar-refractivity contribution is -0.118. The number of rotatable bonds is 6. The molecule has 0 saturated carbocycles. The number of anilines is 2. The highest BCUT2D eigenvalue weighted by Crippen LogP contribution is 2.35. The number of ether oxygens (including phenoxy) is 2. The summed E-state index contributed by atoms with van der Waals surface area (Å²) in [6.07, 6.45) is 0.731. The van der Waals surface area contributed by atoms with Crippen LogP contribution in [0.3, 0.4) is 0 Å². The summed E-state index contributed by atoms with van der Waals surface area (Å²) in [6.45, 7) is 11.9. The van der Waals surface area contributed by atoms with E-state index in [2.05, 4.69) is 55.7 Å². The zero-order valence-electron chi connectivity index (χ0n) is 21.2. The topological polar surface area (TPSA) is 57.6 Å². The molecule has 1 atom stereocenters. The van der Waals surface area contributed by atoms with Crippen LogP contribution in [0, 0.1) is 19.8 Å². The molecule has 2 aromatic rings. The van der Waals surface area contributed by atoms with E-state index in [0.29, 0.717) is 17.4 Å². The SMILES string of the molecule is COc1ccc(N2C(=O)C(CC(C)C)N=C2N2CCN(c3cc(C)ccc3C)CC2)cc1OC. The van der Waals surface area contributed by atoms with E-state index in [1.807, 2.05) is 18.2 Å². The highest BCUT2D eigenvalue weighted by Gasteiger charge is 2.39. The van der Waals surface area contributed by atoms with Crippen molar-refractivity contribution in [2.45, 2.75) is 40.2 Å². The van der Waals surface area contributed by atoms with E-state index in [9.17, 15) is 4.79 Å². The number of hydrogen-bond acceptors (Lipinski definition) is 6. The smallest absolute Gasteiger partial charge is 0.258 e. The normalized spacial score (nSPS) is 18.6. The summed E-state index contributed by atoms with van der Waals surface area (Å²) in [5.41, 5.74) is 4.60. The van der Waals surface area contributed by atoms with Gasteiger partial charge in [0.25, 0.3) is 5.91 Å². The van der Waals surface area contributed by atoms with Crippen molar-refractivity contribution in [3.63, 3.8) is 0 Å². The number of piperazine rings is 1. The Hall–Kier alpha value is -3.22. The molecule has 2 aliphatic heterocycles. The second-order valence-electron chi connectivity index (χ2n) is 9.55. The summed E-state index contributed by atoms with van der Waals surface area (Å²) in [5.74, 6) is 2.37. The molecule has 1 saturated heterocycles. The zero-order valence-corrected chi connectivity index (χ0v) is 21.2. The summed E-state index contributed by atoms with van der Waals surface area (Å²) in [6, 6.07) is 11.8. The lowest BCUT2D eigenvalue weighted by atomic mass is 10.0. The van der Waals surface area contributed by atoms with Gasteiger partial charge in [-0.25, -0.2) is 9.89 Å². The Bertz CT molecular complexity index is 1070. The van der Waals surface area contributed by atoms with Gasteiger partial charge in [-0.1, -0.05) is 26.0 Å². The highest BCUT2D eigenvalue weighted by atomic mass is 16.5. The Kier molecular flexibility index (Phi) is 7.00. The van der Waals surface area contributed by atoms with Crippen LogP contribution < -0.4 is 19.3 Å². The van der Waals surface area contributed by atoms with Gasteiger partial charge in [0.15, 0.2) is 11.5 Å². The van der Waals surface area contributed by atoms with Crippen LogP contribution in [0.4, 0.5) is 11.4 Å². The number of nitrogens with zero attached hydrogens (tertiary/aromatic N) is 4. The summed E-state index contributed by atoms with van der Waals surface area (Å²) in [4.78, 5) is 24.9. The first kappa shape index (κ1) is 23.9. The summed E-state index contributed by atoms with van der Waals surface area (Å²) in [7, 11) is 3.22. The molecule has 0 radical (unpaired) electrons. The molecule has 7 heteroatoms. The molecule has 0 spiro atoms. The zero-order chi connectivity index (χ0) is 24.4. The molecule has 1 fully saturated rings. The lowest BCUT2D eigenvalue weighted by Crippen LogP contribution is -2.53. The third-order valence-corrected chi connectivity index (χ3v) is 6.56. The van der Waals surface area contributed by atoms with Crippen LogP contribution in [0.5, 0.6) is 11.5 Å². The van der Waals surface area contributed by atoms with Gasteiger partial charge in [-0.3, -0.25) is 4.79 Å². The standard InChI is InChI=1S/C27H36N4O3/c1-18(2)15-22-26(32)31(21-9-10-24(33-5)25(17-21)34-6)27(28-22)30-13-11-29(12-14-30)23-16-19(3)7-8-20(23)4/h7-10,16-18,22H,11-15H2,1-6H3. The molecule has 2 aliphatic rings. The minimum absolute atomic E-state index is 0.0212. The maximum atomic E-state index is 13.5. The first-order valence-electron chi connectivity index (χ1n) is 12.0. The van der Waals surface area contributed by atoms with E-state index in [-0.39, 0.29) is 11.9 Å². The van der Waals surface area contributed by atoms with Crippen molar-refractivity contribution >= 4 is 23.2 Å². The number of amides is 1. The van der Waals surface area contributed by atoms with Crippen molar-refractivity contribution in [1.82, 2.24) is 4.90 Å². The van der Waals surface area contributed by atoms with Gasteiger partial charge in [-0.2, -0.15) is 0 Å². The second-order valence-corrected chi connectivity index (χ2v) is 9.55. The predicted molar refractivity (Wildman–Crippen MR) is 137 cm³/mol. The van der Waals surface area contributed by atoms with Gasteiger partial charge in [0.2, 0.25) is 5.96 Å². The first-order chi connectivity index (χ1) is 16.3. The fourth-order valence-electron chi connectivity index (χ4n) is 4.74. The molecule has 0 bridgehead atoms. The molecular formula is C27H36N4O3. The minimum Gasteiger partial charge on any atom is -0.493 e. The van der Waals surface area contributed by atoms with Gasteiger partial charge in [0.05, 0.1) is 19.9 Å².